The Bertz CT molecular complexity index is 1050. The summed E-state index contributed by atoms with van der Waals surface area (Å²) in [6, 6.07) is 14.7. The summed E-state index contributed by atoms with van der Waals surface area (Å²) in [5.41, 5.74) is 2.34. The highest BCUT2D eigenvalue weighted by atomic mass is 32.2. The molecule has 34 heavy (non-hydrogen) atoms. The molecule has 0 aliphatic carbocycles. The van der Waals surface area contributed by atoms with Crippen LogP contribution in [0.5, 0.6) is 0 Å². The lowest BCUT2D eigenvalue weighted by Gasteiger charge is -2.28. The van der Waals surface area contributed by atoms with Crippen LogP contribution >= 0.6 is 0 Å². The molecule has 0 radical (unpaired) electrons. The number of hydrogen-bond acceptors (Lipinski definition) is 6. The summed E-state index contributed by atoms with van der Waals surface area (Å²) in [6.07, 6.45) is 4.49. The Kier molecular flexibility index (Phi) is 8.55. The molecule has 0 saturated carbocycles. The van der Waals surface area contributed by atoms with Gasteiger partial charge in [0.15, 0.2) is 0 Å². The maximum absolute atomic E-state index is 13.2. The summed E-state index contributed by atoms with van der Waals surface area (Å²) in [5.74, 6) is -0.312. The SMILES string of the molecule is O=C(COCc1ccccc1)Nc1cc(S(=O)(=O)N2CCOCC2)ccc1N1CCCCCC1. The fraction of sp³-hybridized carbons (Fsp3) is 0.480. The molecule has 184 valence electrons. The minimum atomic E-state index is -3.68. The number of anilines is 2. The molecular formula is C25H33N3O5S. The third-order valence-electron chi connectivity index (χ3n) is 6.14. The predicted molar refractivity (Wildman–Crippen MR) is 131 cm³/mol. The number of nitrogens with one attached hydrogen (secondary N) is 1. The van der Waals surface area contributed by atoms with E-state index < -0.39 is 10.0 Å². The van der Waals surface area contributed by atoms with Gasteiger partial charge in [-0.3, -0.25) is 4.79 Å². The van der Waals surface area contributed by atoms with E-state index in [1.54, 1.807) is 12.1 Å². The van der Waals surface area contributed by atoms with E-state index in [1.165, 1.54) is 17.1 Å². The molecule has 9 heteroatoms. The van der Waals surface area contributed by atoms with Gasteiger partial charge in [-0.15, -0.1) is 0 Å². The number of benzene rings is 2. The van der Waals surface area contributed by atoms with Gasteiger partial charge in [0, 0.05) is 26.2 Å². The van der Waals surface area contributed by atoms with Crippen molar-refractivity contribution in [3.8, 4) is 0 Å². The van der Waals surface area contributed by atoms with E-state index in [0.29, 0.717) is 38.6 Å². The zero-order valence-electron chi connectivity index (χ0n) is 19.4. The Morgan fingerprint density at radius 3 is 2.35 bits per heavy atom. The van der Waals surface area contributed by atoms with Crippen LogP contribution in [-0.2, 0) is 30.9 Å². The molecule has 2 aromatic carbocycles. The summed E-state index contributed by atoms with van der Waals surface area (Å²) < 4.78 is 38.8. The van der Waals surface area contributed by atoms with Gasteiger partial charge < -0.3 is 19.7 Å². The minimum absolute atomic E-state index is 0.116. The molecule has 2 aliphatic rings. The zero-order chi connectivity index (χ0) is 23.8. The second-order valence-electron chi connectivity index (χ2n) is 8.62. The summed E-state index contributed by atoms with van der Waals surface area (Å²) >= 11 is 0. The Morgan fingerprint density at radius 2 is 1.65 bits per heavy atom. The molecule has 2 saturated heterocycles. The monoisotopic (exact) mass is 487 g/mol. The van der Waals surface area contributed by atoms with Crippen molar-refractivity contribution in [2.45, 2.75) is 37.2 Å². The van der Waals surface area contributed by atoms with E-state index in [4.69, 9.17) is 9.47 Å². The number of nitrogens with zero attached hydrogens (tertiary/aromatic N) is 2. The molecule has 2 heterocycles. The van der Waals surface area contributed by atoms with Crippen LogP contribution in [-0.4, -0.2) is 64.6 Å². The largest absolute Gasteiger partial charge is 0.379 e. The number of amides is 1. The number of carbonyl (C=O) groups is 1. The number of sulfonamides is 1. The molecule has 0 bridgehead atoms. The molecule has 2 aromatic rings. The molecule has 1 amide bonds. The number of rotatable bonds is 8. The number of morpholine rings is 1. The number of hydrogen-bond donors (Lipinski definition) is 1. The van der Waals surface area contributed by atoms with Gasteiger partial charge in [-0.2, -0.15) is 4.31 Å². The van der Waals surface area contributed by atoms with Gasteiger partial charge in [-0.05, 0) is 36.6 Å². The molecule has 0 atom stereocenters. The number of carbonyl (C=O) groups excluding carboxylic acids is 1. The first-order valence-electron chi connectivity index (χ1n) is 11.9. The quantitative estimate of drug-likeness (QED) is 0.615. The van der Waals surface area contributed by atoms with Gasteiger partial charge in [-0.1, -0.05) is 43.2 Å². The van der Waals surface area contributed by atoms with E-state index in [2.05, 4.69) is 10.2 Å². The van der Waals surface area contributed by atoms with Crippen LogP contribution in [0.1, 0.15) is 31.2 Å². The second kappa shape index (κ2) is 11.8. The van der Waals surface area contributed by atoms with Gasteiger partial charge in [0.05, 0.1) is 36.1 Å². The second-order valence-corrected chi connectivity index (χ2v) is 10.6. The molecule has 1 N–H and O–H groups in total. The van der Waals surface area contributed by atoms with E-state index in [1.807, 2.05) is 36.4 Å². The Morgan fingerprint density at radius 1 is 0.941 bits per heavy atom. The smallest absolute Gasteiger partial charge is 0.250 e. The molecule has 0 aromatic heterocycles. The van der Waals surface area contributed by atoms with Crippen LogP contribution < -0.4 is 10.2 Å². The van der Waals surface area contributed by atoms with Crippen molar-refractivity contribution in [1.82, 2.24) is 4.31 Å². The maximum Gasteiger partial charge on any atom is 0.250 e. The summed E-state index contributed by atoms with van der Waals surface area (Å²) in [5, 5.41) is 2.92. The van der Waals surface area contributed by atoms with E-state index in [0.717, 1.165) is 37.2 Å². The van der Waals surface area contributed by atoms with Crippen molar-refractivity contribution in [1.29, 1.82) is 0 Å². The average Bonchev–Trinajstić information content (AvgIpc) is 3.15. The Labute approximate surface area is 201 Å². The van der Waals surface area contributed by atoms with Crippen molar-refractivity contribution < 1.29 is 22.7 Å². The van der Waals surface area contributed by atoms with Crippen molar-refractivity contribution in [3.63, 3.8) is 0 Å². The maximum atomic E-state index is 13.2. The molecule has 0 unspecified atom stereocenters. The first-order valence-corrected chi connectivity index (χ1v) is 13.4. The lowest BCUT2D eigenvalue weighted by Crippen LogP contribution is -2.40. The lowest BCUT2D eigenvalue weighted by atomic mass is 10.2. The van der Waals surface area contributed by atoms with Gasteiger partial charge in [-0.25, -0.2) is 8.42 Å². The van der Waals surface area contributed by atoms with Crippen molar-refractivity contribution in [2.24, 2.45) is 0 Å². The molecule has 0 spiro atoms. The molecule has 2 fully saturated rings. The van der Waals surface area contributed by atoms with Gasteiger partial charge in [0.2, 0.25) is 15.9 Å². The highest BCUT2D eigenvalue weighted by molar-refractivity contribution is 7.89. The van der Waals surface area contributed by atoms with Crippen molar-refractivity contribution in [3.05, 3.63) is 54.1 Å². The van der Waals surface area contributed by atoms with E-state index in [-0.39, 0.29) is 17.4 Å². The average molecular weight is 488 g/mol. The van der Waals surface area contributed by atoms with E-state index in [9.17, 15) is 13.2 Å². The van der Waals surface area contributed by atoms with Crippen LogP contribution in [0.3, 0.4) is 0 Å². The highest BCUT2D eigenvalue weighted by Gasteiger charge is 2.28. The molecule has 2 aliphatic heterocycles. The Balaban J connectivity index is 1.52. The minimum Gasteiger partial charge on any atom is -0.379 e. The fourth-order valence-electron chi connectivity index (χ4n) is 4.32. The van der Waals surface area contributed by atoms with Gasteiger partial charge in [0.25, 0.3) is 0 Å². The fourth-order valence-corrected chi connectivity index (χ4v) is 5.76. The van der Waals surface area contributed by atoms with Crippen molar-refractivity contribution >= 4 is 27.3 Å². The topological polar surface area (TPSA) is 88.2 Å². The summed E-state index contributed by atoms with van der Waals surface area (Å²) in [6.45, 7) is 3.39. The molecule has 8 nitrogen and oxygen atoms in total. The predicted octanol–water partition coefficient (Wildman–Crippen LogP) is 3.24. The van der Waals surface area contributed by atoms with E-state index >= 15 is 0 Å². The number of ether oxygens (including phenoxy) is 2. The van der Waals surface area contributed by atoms with Crippen LogP contribution in [0.15, 0.2) is 53.4 Å². The first kappa shape index (κ1) is 24.7. The van der Waals surface area contributed by atoms with Crippen LogP contribution in [0.4, 0.5) is 11.4 Å². The van der Waals surface area contributed by atoms with Crippen LogP contribution in [0.2, 0.25) is 0 Å². The summed E-state index contributed by atoms with van der Waals surface area (Å²) in [7, 11) is -3.68. The van der Waals surface area contributed by atoms with Gasteiger partial charge >= 0.3 is 0 Å². The third kappa shape index (κ3) is 6.35. The standard InChI is InChI=1S/C25H33N3O5S/c29-25(20-33-19-21-8-4-3-5-9-21)26-23-18-22(34(30,31)28-14-16-32-17-15-28)10-11-24(23)27-12-6-1-2-7-13-27/h3-5,8-11,18H,1-2,6-7,12-17,19-20H2,(H,26,29). The normalized spacial score (nSPS) is 17.8. The molecule has 4 rings (SSSR count). The van der Waals surface area contributed by atoms with Crippen molar-refractivity contribution in [2.75, 3.05) is 56.2 Å². The zero-order valence-corrected chi connectivity index (χ0v) is 20.3. The Hall–Kier alpha value is -2.46. The molecular weight excluding hydrogens is 454 g/mol. The first-order chi connectivity index (χ1) is 16.5. The lowest BCUT2D eigenvalue weighted by molar-refractivity contribution is -0.121. The van der Waals surface area contributed by atoms with Gasteiger partial charge in [0.1, 0.15) is 6.61 Å². The van der Waals surface area contributed by atoms with Crippen LogP contribution in [0, 0.1) is 0 Å². The third-order valence-corrected chi connectivity index (χ3v) is 8.04. The van der Waals surface area contributed by atoms with Crippen LogP contribution in [0.25, 0.3) is 0 Å². The highest BCUT2D eigenvalue weighted by Crippen LogP contribution is 2.32. The summed E-state index contributed by atoms with van der Waals surface area (Å²) in [4.78, 5) is 15.1.